The first kappa shape index (κ1) is 30.7. The van der Waals surface area contributed by atoms with Crippen molar-refractivity contribution in [1.82, 2.24) is 15.3 Å². The molecule has 0 atom stereocenters. The third-order valence-corrected chi connectivity index (χ3v) is 7.87. The van der Waals surface area contributed by atoms with Gasteiger partial charge in [-0.2, -0.15) is 0 Å². The van der Waals surface area contributed by atoms with Crippen molar-refractivity contribution in [3.05, 3.63) is 97.6 Å². The van der Waals surface area contributed by atoms with Crippen LogP contribution in [0.1, 0.15) is 60.3 Å². The number of carbonyl (C=O) groups excluding carboxylic acids is 2. The monoisotopic (exact) mass is 582 g/mol. The van der Waals surface area contributed by atoms with Gasteiger partial charge in [0.25, 0.3) is 11.8 Å². The number of aromatic amines is 2. The standard InChI is InChI=1S/C33H34N4O6/c1-7-20-19(6)32(42)37-27(20)14-25-18(5)23(10-12-31(40)41)29(35-25)15-28-22(9-11-30(38)39)17(4)24(34-28)13-26-16(3)21(8-2)33(43)36-26/h7-8,13-15,34-35H,1-2,9-12H2,3-6H3,(H,37,42)(H,38,39)(H,40,41)/b24-13+,27-14+,28-15+. The first-order valence-corrected chi connectivity index (χ1v) is 13.8. The van der Waals surface area contributed by atoms with Crippen molar-refractivity contribution in [3.8, 4) is 0 Å². The Morgan fingerprint density at radius 2 is 1.40 bits per heavy atom. The van der Waals surface area contributed by atoms with Crippen LogP contribution in [-0.4, -0.2) is 49.6 Å². The summed E-state index contributed by atoms with van der Waals surface area (Å²) < 4.78 is 0. The van der Waals surface area contributed by atoms with Crippen molar-refractivity contribution in [3.63, 3.8) is 0 Å². The maximum atomic E-state index is 12.3. The van der Waals surface area contributed by atoms with E-state index in [1.165, 1.54) is 6.08 Å². The highest BCUT2D eigenvalue weighted by molar-refractivity contribution is 6.31. The van der Waals surface area contributed by atoms with E-state index < -0.39 is 11.9 Å². The van der Waals surface area contributed by atoms with Crippen LogP contribution in [-0.2, 0) is 32.0 Å². The lowest BCUT2D eigenvalue weighted by Gasteiger charge is -2.02. The number of H-pyrrole nitrogens is 2. The molecule has 0 aromatic carbocycles. The number of hydrogen-bond donors (Lipinski definition) is 5. The van der Waals surface area contributed by atoms with Crippen LogP contribution in [0.15, 0.2) is 58.3 Å². The lowest BCUT2D eigenvalue weighted by atomic mass is 10.0. The number of allylic oxidation sites excluding steroid dienone is 2. The van der Waals surface area contributed by atoms with Crippen molar-refractivity contribution in [1.29, 1.82) is 0 Å². The zero-order chi connectivity index (χ0) is 31.6. The third-order valence-electron chi connectivity index (χ3n) is 7.87. The molecule has 0 spiro atoms. The van der Waals surface area contributed by atoms with Gasteiger partial charge in [0.05, 0.1) is 11.4 Å². The summed E-state index contributed by atoms with van der Waals surface area (Å²) in [6.07, 6.45) is 8.80. The summed E-state index contributed by atoms with van der Waals surface area (Å²) in [6, 6.07) is 0. The predicted octanol–water partition coefficient (Wildman–Crippen LogP) is 3.06. The number of aromatic nitrogens is 2. The molecule has 0 radical (unpaired) electrons. The Morgan fingerprint density at radius 3 is 1.98 bits per heavy atom. The van der Waals surface area contributed by atoms with Gasteiger partial charge < -0.3 is 25.5 Å². The highest BCUT2D eigenvalue weighted by atomic mass is 16.4. The van der Waals surface area contributed by atoms with Crippen LogP contribution in [0, 0.1) is 13.8 Å². The molecule has 2 aromatic heterocycles. The Morgan fingerprint density at radius 1 is 0.767 bits per heavy atom. The molecule has 5 N–H and O–H groups in total. The third kappa shape index (κ3) is 6.18. The van der Waals surface area contributed by atoms with E-state index in [-0.39, 0.29) is 37.5 Å². The second-order valence-electron chi connectivity index (χ2n) is 10.5. The van der Waals surface area contributed by atoms with Gasteiger partial charge in [0, 0.05) is 51.6 Å². The Hall–Kier alpha value is -5.25. The van der Waals surface area contributed by atoms with Gasteiger partial charge in [0.2, 0.25) is 0 Å². The van der Waals surface area contributed by atoms with Gasteiger partial charge in [0.15, 0.2) is 0 Å². The topological polar surface area (TPSA) is 165 Å². The van der Waals surface area contributed by atoms with Gasteiger partial charge in [-0.05, 0) is 86.6 Å². The molecule has 0 aliphatic carbocycles. The quantitative estimate of drug-likeness (QED) is 0.273. The van der Waals surface area contributed by atoms with Gasteiger partial charge in [-0.3, -0.25) is 19.2 Å². The fourth-order valence-corrected chi connectivity index (χ4v) is 5.34. The Kier molecular flexibility index (Phi) is 8.80. The van der Waals surface area contributed by atoms with Crippen LogP contribution in [0.2, 0.25) is 0 Å². The highest BCUT2D eigenvalue weighted by Crippen LogP contribution is 2.27. The zero-order valence-electron chi connectivity index (χ0n) is 24.6. The number of aliphatic imine (C=N–C) groups is 1. The number of nitrogens with one attached hydrogen (secondary N) is 3. The van der Waals surface area contributed by atoms with Crippen molar-refractivity contribution < 1.29 is 29.4 Å². The number of rotatable bonds is 11. The van der Waals surface area contributed by atoms with Crippen molar-refractivity contribution >= 4 is 47.7 Å². The Balaban J connectivity index is 1.92. The molecular formula is C33H34N4O6. The molecule has 2 aliphatic rings. The van der Waals surface area contributed by atoms with E-state index in [0.29, 0.717) is 55.8 Å². The number of carbonyl (C=O) groups is 4. The minimum absolute atomic E-state index is 0.0943. The molecule has 0 saturated heterocycles. The lowest BCUT2D eigenvalue weighted by Crippen LogP contribution is -2.15. The molecular weight excluding hydrogens is 548 g/mol. The fourth-order valence-electron chi connectivity index (χ4n) is 5.34. The molecule has 2 amide bonds. The molecule has 43 heavy (non-hydrogen) atoms. The SMILES string of the molecule is C=CC1=C(C)C(/C=c2/[nH]/c(=C/c3[nH]c(/C=C4/NC(=O)C(C)=C4C=C)c(C)c3CCC(=O)O)c(CCC(=O)O)c2C)=NC1=O. The van der Waals surface area contributed by atoms with Crippen molar-refractivity contribution in [2.45, 2.75) is 53.4 Å². The molecule has 10 heteroatoms. The summed E-state index contributed by atoms with van der Waals surface area (Å²) in [7, 11) is 0. The molecule has 4 heterocycles. The maximum absolute atomic E-state index is 12.3. The molecule has 0 bridgehead atoms. The van der Waals surface area contributed by atoms with E-state index in [0.717, 1.165) is 22.3 Å². The molecule has 2 aromatic rings. The molecule has 0 fully saturated rings. The smallest absolute Gasteiger partial charge is 0.303 e. The predicted molar refractivity (Wildman–Crippen MR) is 165 cm³/mol. The summed E-state index contributed by atoms with van der Waals surface area (Å²) in [5.41, 5.74) is 7.97. The van der Waals surface area contributed by atoms with E-state index in [2.05, 4.69) is 33.4 Å². The average Bonchev–Trinajstić information content (AvgIpc) is 3.59. The van der Waals surface area contributed by atoms with Crippen molar-refractivity contribution in [2.75, 3.05) is 0 Å². The number of amides is 2. The largest absolute Gasteiger partial charge is 0.481 e. The van der Waals surface area contributed by atoms with Crippen LogP contribution in [0.5, 0.6) is 0 Å². The van der Waals surface area contributed by atoms with E-state index in [4.69, 9.17) is 0 Å². The second-order valence-corrected chi connectivity index (χ2v) is 10.5. The summed E-state index contributed by atoms with van der Waals surface area (Å²) in [5, 5.41) is 23.0. The zero-order valence-corrected chi connectivity index (χ0v) is 24.6. The minimum Gasteiger partial charge on any atom is -0.481 e. The molecule has 4 rings (SSSR count). The van der Waals surface area contributed by atoms with E-state index in [9.17, 15) is 29.4 Å². The van der Waals surface area contributed by atoms with Crippen molar-refractivity contribution in [2.24, 2.45) is 4.99 Å². The lowest BCUT2D eigenvalue weighted by molar-refractivity contribution is -0.138. The molecule has 0 saturated carbocycles. The normalized spacial score (nSPS) is 16.9. The van der Waals surface area contributed by atoms with Gasteiger partial charge in [-0.15, -0.1) is 0 Å². The summed E-state index contributed by atoms with van der Waals surface area (Å²) in [6.45, 7) is 14.8. The number of aliphatic carboxylic acids is 2. The van der Waals surface area contributed by atoms with Crippen LogP contribution >= 0.6 is 0 Å². The molecule has 10 nitrogen and oxygen atoms in total. The average molecular weight is 583 g/mol. The van der Waals surface area contributed by atoms with Crippen LogP contribution < -0.4 is 16.0 Å². The first-order chi connectivity index (χ1) is 20.4. The van der Waals surface area contributed by atoms with Gasteiger partial charge >= 0.3 is 11.9 Å². The maximum Gasteiger partial charge on any atom is 0.303 e. The molecule has 2 aliphatic heterocycles. The number of carboxylic acid groups (broad SMARTS) is 2. The summed E-state index contributed by atoms with van der Waals surface area (Å²) in [4.78, 5) is 58.4. The molecule has 222 valence electrons. The summed E-state index contributed by atoms with van der Waals surface area (Å²) in [5.74, 6) is -2.46. The second kappa shape index (κ2) is 12.3. The number of hydrogen-bond acceptors (Lipinski definition) is 4. The number of nitrogens with zero attached hydrogens (tertiary/aromatic N) is 1. The first-order valence-electron chi connectivity index (χ1n) is 13.8. The van der Waals surface area contributed by atoms with E-state index >= 15 is 0 Å². The fraction of sp³-hybridized carbons (Fsp3) is 0.242. The van der Waals surface area contributed by atoms with Gasteiger partial charge in [0.1, 0.15) is 0 Å². The van der Waals surface area contributed by atoms with E-state index in [1.54, 1.807) is 32.1 Å². The summed E-state index contributed by atoms with van der Waals surface area (Å²) >= 11 is 0. The van der Waals surface area contributed by atoms with Crippen LogP contribution in [0.3, 0.4) is 0 Å². The molecule has 0 unspecified atom stereocenters. The van der Waals surface area contributed by atoms with Gasteiger partial charge in [-0.1, -0.05) is 25.3 Å². The minimum atomic E-state index is -0.941. The Bertz CT molecular complexity index is 1860. The number of carboxylic acids is 2. The van der Waals surface area contributed by atoms with E-state index in [1.807, 2.05) is 19.9 Å². The highest BCUT2D eigenvalue weighted by Gasteiger charge is 2.23. The van der Waals surface area contributed by atoms with Gasteiger partial charge in [-0.25, -0.2) is 4.99 Å². The van der Waals surface area contributed by atoms with Crippen LogP contribution in [0.25, 0.3) is 18.2 Å². The Labute approximate surface area is 248 Å². The van der Waals surface area contributed by atoms with Crippen LogP contribution in [0.4, 0.5) is 0 Å².